The summed E-state index contributed by atoms with van der Waals surface area (Å²) in [6.45, 7) is 7.30. The van der Waals surface area contributed by atoms with Gasteiger partial charge in [0.15, 0.2) is 0 Å². The Morgan fingerprint density at radius 2 is 2.15 bits per heavy atom. The fourth-order valence-electron chi connectivity index (χ4n) is 2.93. The van der Waals surface area contributed by atoms with E-state index in [4.69, 9.17) is 4.74 Å². The van der Waals surface area contributed by atoms with Crippen molar-refractivity contribution in [1.82, 2.24) is 15.1 Å². The molecule has 2 heterocycles. The van der Waals surface area contributed by atoms with Gasteiger partial charge in [-0.25, -0.2) is 4.68 Å². The van der Waals surface area contributed by atoms with E-state index < -0.39 is 6.04 Å². The molecule has 2 aromatic heterocycles. The molecule has 1 N–H and O–H groups in total. The summed E-state index contributed by atoms with van der Waals surface area (Å²) in [5, 5.41) is 8.82. The van der Waals surface area contributed by atoms with E-state index in [1.54, 1.807) is 18.3 Å². The van der Waals surface area contributed by atoms with Crippen LogP contribution in [-0.4, -0.2) is 35.4 Å². The molecule has 0 saturated carbocycles. The zero-order valence-electron chi connectivity index (χ0n) is 15.2. The van der Waals surface area contributed by atoms with Crippen molar-refractivity contribution in [2.24, 2.45) is 0 Å². The highest BCUT2D eigenvalue weighted by Gasteiger charge is 2.21. The summed E-state index contributed by atoms with van der Waals surface area (Å²) in [7, 11) is 0. The van der Waals surface area contributed by atoms with Crippen LogP contribution in [0.5, 0.6) is 0 Å². The van der Waals surface area contributed by atoms with Crippen molar-refractivity contribution in [1.29, 1.82) is 0 Å². The van der Waals surface area contributed by atoms with Crippen molar-refractivity contribution < 1.29 is 9.53 Å². The molecule has 1 amide bonds. The third-order valence-corrected chi connectivity index (χ3v) is 5.60. The van der Waals surface area contributed by atoms with E-state index in [0.29, 0.717) is 25.1 Å². The van der Waals surface area contributed by atoms with E-state index in [1.807, 2.05) is 38.1 Å². The summed E-state index contributed by atoms with van der Waals surface area (Å²) >= 11 is 1.56. The number of nitrogens with one attached hydrogen (secondary N) is 1. The molecular weight excluding hydrogens is 350 g/mol. The molecular formula is C19H23N3O3S. The van der Waals surface area contributed by atoms with Gasteiger partial charge in [0.05, 0.1) is 15.8 Å². The molecule has 0 aliphatic rings. The first kappa shape index (κ1) is 18.5. The van der Waals surface area contributed by atoms with Crippen LogP contribution in [0.15, 0.2) is 29.1 Å². The number of carbonyl (C=O) groups is 1. The van der Waals surface area contributed by atoms with Crippen molar-refractivity contribution in [3.8, 4) is 0 Å². The van der Waals surface area contributed by atoms with Gasteiger partial charge in [0, 0.05) is 29.8 Å². The molecule has 1 aromatic carbocycles. The average molecular weight is 373 g/mol. The number of carbonyl (C=O) groups excluding carboxylic acids is 1. The van der Waals surface area contributed by atoms with Crippen LogP contribution in [0.1, 0.15) is 32.0 Å². The van der Waals surface area contributed by atoms with Gasteiger partial charge in [-0.2, -0.15) is 5.10 Å². The number of aryl methyl sites for hydroxylation is 1. The third kappa shape index (κ3) is 3.50. The maximum Gasteiger partial charge on any atom is 0.276 e. The lowest BCUT2D eigenvalue weighted by Gasteiger charge is -2.15. The molecule has 138 valence electrons. The molecule has 0 aliphatic carbocycles. The van der Waals surface area contributed by atoms with Crippen LogP contribution in [-0.2, 0) is 9.53 Å². The molecule has 0 bridgehead atoms. The largest absolute Gasteiger partial charge is 0.382 e. The number of aromatic nitrogens is 2. The summed E-state index contributed by atoms with van der Waals surface area (Å²) in [6.07, 6.45) is 0.738. The average Bonchev–Trinajstić information content (AvgIpc) is 3.04. The van der Waals surface area contributed by atoms with E-state index in [-0.39, 0.29) is 11.5 Å². The first-order valence-electron chi connectivity index (χ1n) is 8.80. The second-order valence-electron chi connectivity index (χ2n) is 6.15. The Bertz CT molecular complexity index is 993. The molecule has 7 heteroatoms. The summed E-state index contributed by atoms with van der Waals surface area (Å²) in [5.41, 5.74) is 0.539. The second kappa shape index (κ2) is 7.97. The predicted molar refractivity (Wildman–Crippen MR) is 105 cm³/mol. The standard InChI is InChI=1S/C19H23N3O3S/c1-4-25-11-7-10-20-18(23)13(3)22-19(24)16-14-8-5-6-9-15(14)26-17(16)12(2)21-22/h5-6,8-9,13H,4,7,10-11H2,1-3H3,(H,20,23)/t13-/m1/s1. The lowest BCUT2D eigenvalue weighted by molar-refractivity contribution is -0.124. The van der Waals surface area contributed by atoms with E-state index >= 15 is 0 Å². The van der Waals surface area contributed by atoms with Crippen LogP contribution in [0.4, 0.5) is 0 Å². The van der Waals surface area contributed by atoms with Gasteiger partial charge in [-0.15, -0.1) is 11.3 Å². The summed E-state index contributed by atoms with van der Waals surface area (Å²) < 4.78 is 8.50. The molecule has 0 aliphatic heterocycles. The van der Waals surface area contributed by atoms with Crippen molar-refractivity contribution in [3.05, 3.63) is 40.3 Å². The van der Waals surface area contributed by atoms with E-state index in [0.717, 1.165) is 26.9 Å². The first-order chi connectivity index (χ1) is 12.5. The lowest BCUT2D eigenvalue weighted by Crippen LogP contribution is -2.38. The van der Waals surface area contributed by atoms with Crippen molar-refractivity contribution in [3.63, 3.8) is 0 Å². The van der Waals surface area contributed by atoms with Gasteiger partial charge in [0.25, 0.3) is 5.56 Å². The van der Waals surface area contributed by atoms with Crippen LogP contribution in [0.2, 0.25) is 0 Å². The maximum atomic E-state index is 13.0. The Balaban J connectivity index is 1.90. The molecule has 26 heavy (non-hydrogen) atoms. The Morgan fingerprint density at radius 1 is 1.38 bits per heavy atom. The van der Waals surface area contributed by atoms with Crippen molar-refractivity contribution >= 4 is 37.4 Å². The highest BCUT2D eigenvalue weighted by molar-refractivity contribution is 7.26. The number of amides is 1. The lowest BCUT2D eigenvalue weighted by atomic mass is 10.2. The van der Waals surface area contributed by atoms with Crippen LogP contribution < -0.4 is 10.9 Å². The zero-order valence-corrected chi connectivity index (χ0v) is 16.1. The fraction of sp³-hybridized carbons (Fsp3) is 0.421. The number of thiophene rings is 1. The number of nitrogens with zero attached hydrogens (tertiary/aromatic N) is 2. The van der Waals surface area contributed by atoms with Gasteiger partial charge in [0.2, 0.25) is 5.91 Å². The van der Waals surface area contributed by atoms with Gasteiger partial charge >= 0.3 is 0 Å². The first-order valence-corrected chi connectivity index (χ1v) is 9.62. The Hall–Kier alpha value is -2.25. The van der Waals surface area contributed by atoms with Gasteiger partial charge in [-0.1, -0.05) is 18.2 Å². The number of hydrogen-bond donors (Lipinski definition) is 1. The molecule has 6 nitrogen and oxygen atoms in total. The van der Waals surface area contributed by atoms with Gasteiger partial charge in [-0.3, -0.25) is 9.59 Å². The minimum absolute atomic E-state index is 0.214. The quantitative estimate of drug-likeness (QED) is 0.646. The highest BCUT2D eigenvalue weighted by Crippen LogP contribution is 2.32. The van der Waals surface area contributed by atoms with Crippen LogP contribution in [0.3, 0.4) is 0 Å². The highest BCUT2D eigenvalue weighted by atomic mass is 32.1. The van der Waals surface area contributed by atoms with Gasteiger partial charge in [-0.05, 0) is 33.3 Å². The minimum atomic E-state index is -0.670. The normalized spacial score (nSPS) is 12.6. The molecule has 3 aromatic rings. The fourth-order valence-corrected chi connectivity index (χ4v) is 4.07. The number of fused-ring (bicyclic) bond motifs is 3. The molecule has 0 radical (unpaired) electrons. The molecule has 1 atom stereocenters. The minimum Gasteiger partial charge on any atom is -0.382 e. The molecule has 0 fully saturated rings. The SMILES string of the molecule is CCOCCCNC(=O)[C@@H](C)n1nc(C)c2sc3ccccc3c2c1=O. The molecule has 0 unspecified atom stereocenters. The summed E-state index contributed by atoms with van der Waals surface area (Å²) in [5.74, 6) is -0.214. The van der Waals surface area contributed by atoms with Crippen LogP contribution in [0.25, 0.3) is 20.2 Å². The second-order valence-corrected chi connectivity index (χ2v) is 7.21. The number of ether oxygens (including phenoxy) is 1. The number of rotatable bonds is 7. The van der Waals surface area contributed by atoms with E-state index in [2.05, 4.69) is 10.4 Å². The molecule has 0 saturated heterocycles. The van der Waals surface area contributed by atoms with Crippen LogP contribution >= 0.6 is 11.3 Å². The predicted octanol–water partition coefficient (Wildman–Crippen LogP) is 3.02. The van der Waals surface area contributed by atoms with E-state index in [9.17, 15) is 9.59 Å². The van der Waals surface area contributed by atoms with Gasteiger partial charge in [0.1, 0.15) is 6.04 Å². The van der Waals surface area contributed by atoms with Crippen molar-refractivity contribution in [2.45, 2.75) is 33.2 Å². The summed E-state index contributed by atoms with van der Waals surface area (Å²) in [4.78, 5) is 25.5. The Morgan fingerprint density at radius 3 is 2.92 bits per heavy atom. The molecule has 0 spiro atoms. The zero-order chi connectivity index (χ0) is 18.7. The maximum absolute atomic E-state index is 13.0. The third-order valence-electron chi connectivity index (χ3n) is 4.32. The van der Waals surface area contributed by atoms with Crippen molar-refractivity contribution in [2.75, 3.05) is 19.8 Å². The Labute approximate surface area is 155 Å². The number of benzene rings is 1. The van der Waals surface area contributed by atoms with Gasteiger partial charge < -0.3 is 10.1 Å². The van der Waals surface area contributed by atoms with Crippen LogP contribution in [0, 0.1) is 6.92 Å². The summed E-state index contributed by atoms with van der Waals surface area (Å²) in [6, 6.07) is 7.14. The monoisotopic (exact) mass is 373 g/mol. The number of hydrogen-bond acceptors (Lipinski definition) is 5. The smallest absolute Gasteiger partial charge is 0.276 e. The Kier molecular flexibility index (Phi) is 5.68. The molecule has 3 rings (SSSR count). The topological polar surface area (TPSA) is 73.2 Å². The van der Waals surface area contributed by atoms with E-state index in [1.165, 1.54) is 4.68 Å².